The molecule has 0 aromatic heterocycles. The summed E-state index contributed by atoms with van der Waals surface area (Å²) >= 11 is 1.64. The Labute approximate surface area is 141 Å². The minimum Gasteiger partial charge on any atom is -0.469 e. The van der Waals surface area contributed by atoms with Crippen LogP contribution >= 0.6 is 11.8 Å². The molecule has 0 heterocycles. The number of carbonyl (C=O) groups excluding carboxylic acids is 1. The predicted molar refractivity (Wildman–Crippen MR) is 93.1 cm³/mol. The fourth-order valence-corrected chi connectivity index (χ4v) is 2.51. The zero-order valence-corrected chi connectivity index (χ0v) is 14.6. The van der Waals surface area contributed by atoms with Crippen molar-refractivity contribution in [2.24, 2.45) is 4.99 Å². The summed E-state index contributed by atoms with van der Waals surface area (Å²) in [6, 6.07) is 4.77. The van der Waals surface area contributed by atoms with Gasteiger partial charge in [-0.1, -0.05) is 6.07 Å². The predicted octanol–water partition coefficient (Wildman–Crippen LogP) is 2.31. The summed E-state index contributed by atoms with van der Waals surface area (Å²) in [6.07, 6.45) is 2.26. The zero-order valence-electron chi connectivity index (χ0n) is 13.8. The van der Waals surface area contributed by atoms with E-state index >= 15 is 0 Å². The van der Waals surface area contributed by atoms with Gasteiger partial charge in [0.2, 0.25) is 0 Å². The first kappa shape index (κ1) is 19.3. The lowest BCUT2D eigenvalue weighted by Gasteiger charge is -2.12. The van der Waals surface area contributed by atoms with Crippen molar-refractivity contribution in [2.45, 2.75) is 25.6 Å². The molecule has 5 nitrogen and oxygen atoms in total. The second kappa shape index (κ2) is 10.9. The Kier molecular flexibility index (Phi) is 9.12. The molecule has 0 spiro atoms. The first-order valence-electron chi connectivity index (χ1n) is 7.46. The average molecular weight is 341 g/mol. The van der Waals surface area contributed by atoms with Gasteiger partial charge in [0.05, 0.1) is 20.1 Å². The minimum absolute atomic E-state index is 0.232. The number of hydrogen-bond donors (Lipinski definition) is 2. The van der Waals surface area contributed by atoms with Crippen LogP contribution in [0.15, 0.2) is 23.2 Å². The van der Waals surface area contributed by atoms with Crippen LogP contribution in [-0.2, 0) is 21.8 Å². The topological polar surface area (TPSA) is 62.7 Å². The number of benzene rings is 1. The number of nitrogens with zero attached hydrogens (tertiary/aromatic N) is 1. The van der Waals surface area contributed by atoms with E-state index in [1.54, 1.807) is 23.9 Å². The van der Waals surface area contributed by atoms with Crippen molar-refractivity contribution >= 4 is 23.7 Å². The van der Waals surface area contributed by atoms with Crippen LogP contribution in [0, 0.1) is 5.82 Å². The van der Waals surface area contributed by atoms with E-state index in [9.17, 15) is 9.18 Å². The van der Waals surface area contributed by atoms with Crippen molar-refractivity contribution in [3.8, 4) is 0 Å². The maximum atomic E-state index is 13.4. The van der Waals surface area contributed by atoms with E-state index in [-0.39, 0.29) is 18.2 Å². The molecule has 0 atom stereocenters. The summed E-state index contributed by atoms with van der Waals surface area (Å²) < 4.78 is 18.0. The van der Waals surface area contributed by atoms with Crippen molar-refractivity contribution < 1.29 is 13.9 Å². The normalized spacial score (nSPS) is 11.2. The van der Waals surface area contributed by atoms with Gasteiger partial charge < -0.3 is 15.4 Å². The number of guanidine groups is 1. The van der Waals surface area contributed by atoms with Gasteiger partial charge in [0.25, 0.3) is 0 Å². The third-order valence-electron chi connectivity index (χ3n) is 3.07. The maximum Gasteiger partial charge on any atom is 0.307 e. The molecule has 0 saturated carbocycles. The van der Waals surface area contributed by atoms with Crippen LogP contribution in [0.25, 0.3) is 0 Å². The smallest absolute Gasteiger partial charge is 0.307 e. The molecule has 1 aromatic rings. The summed E-state index contributed by atoms with van der Waals surface area (Å²) in [5.41, 5.74) is 1.94. The number of nitrogens with one attached hydrogen (secondary N) is 2. The molecular weight excluding hydrogens is 317 g/mol. The molecule has 128 valence electrons. The largest absolute Gasteiger partial charge is 0.469 e. The number of methoxy groups -OCH3 is 1. The number of hydrogen-bond acceptors (Lipinski definition) is 4. The van der Waals surface area contributed by atoms with E-state index < -0.39 is 0 Å². The number of ether oxygens (including phenoxy) is 1. The first-order valence-corrected chi connectivity index (χ1v) is 8.85. The SMILES string of the molecule is CCNC(=NCc1ccc(F)cc1CSC)NCCC(=O)OC. The number of thioether (sulfide) groups is 1. The summed E-state index contributed by atoms with van der Waals surface area (Å²) in [6.45, 7) is 3.57. The molecule has 0 aliphatic rings. The van der Waals surface area contributed by atoms with Crippen molar-refractivity contribution in [1.29, 1.82) is 0 Å². The van der Waals surface area contributed by atoms with Crippen LogP contribution in [0.2, 0.25) is 0 Å². The van der Waals surface area contributed by atoms with Crippen molar-refractivity contribution in [3.63, 3.8) is 0 Å². The maximum absolute atomic E-state index is 13.4. The number of carbonyl (C=O) groups is 1. The number of rotatable bonds is 8. The minimum atomic E-state index is -0.269. The molecule has 1 aromatic carbocycles. The highest BCUT2D eigenvalue weighted by atomic mass is 32.2. The monoisotopic (exact) mass is 341 g/mol. The summed E-state index contributed by atoms with van der Waals surface area (Å²) in [5.74, 6) is 0.865. The van der Waals surface area contributed by atoms with Crippen LogP contribution in [0.1, 0.15) is 24.5 Å². The molecule has 23 heavy (non-hydrogen) atoms. The van der Waals surface area contributed by atoms with E-state index in [0.717, 1.165) is 16.9 Å². The first-order chi connectivity index (χ1) is 11.1. The Hall–Kier alpha value is -1.76. The number of halogens is 1. The Bertz CT molecular complexity index is 538. The number of aliphatic imine (C=N–C) groups is 1. The fraction of sp³-hybridized carbons (Fsp3) is 0.500. The van der Waals surface area contributed by atoms with Crippen LogP contribution < -0.4 is 10.6 Å². The van der Waals surface area contributed by atoms with Gasteiger partial charge in [-0.3, -0.25) is 4.79 Å². The Morgan fingerprint density at radius 1 is 1.35 bits per heavy atom. The van der Waals surface area contributed by atoms with Crippen molar-refractivity contribution in [2.75, 3.05) is 26.5 Å². The second-order valence-corrected chi connectivity index (χ2v) is 5.66. The van der Waals surface area contributed by atoms with Crippen molar-refractivity contribution in [1.82, 2.24) is 10.6 Å². The quantitative estimate of drug-likeness (QED) is 0.432. The third kappa shape index (κ3) is 7.36. The van der Waals surface area contributed by atoms with Gasteiger partial charge >= 0.3 is 5.97 Å². The fourth-order valence-electron chi connectivity index (χ4n) is 1.93. The van der Waals surface area contributed by atoms with Gasteiger partial charge in [0.15, 0.2) is 5.96 Å². The molecule has 2 N–H and O–H groups in total. The summed E-state index contributed by atoms with van der Waals surface area (Å²) in [5, 5.41) is 6.19. The van der Waals surface area contributed by atoms with Gasteiger partial charge in [0, 0.05) is 18.8 Å². The third-order valence-corrected chi connectivity index (χ3v) is 3.67. The summed E-state index contributed by atoms with van der Waals surface area (Å²) in [4.78, 5) is 15.6. The average Bonchev–Trinajstić information content (AvgIpc) is 2.54. The van der Waals surface area contributed by atoms with Crippen LogP contribution in [-0.4, -0.2) is 38.4 Å². The van der Waals surface area contributed by atoms with E-state index in [1.165, 1.54) is 13.2 Å². The standard InChI is InChI=1S/C16H24FN3O2S/c1-4-18-16(19-8-7-15(21)22-2)20-10-12-5-6-14(17)9-13(12)11-23-3/h5-6,9H,4,7-8,10-11H2,1-3H3,(H2,18,19,20). The molecule has 0 radical (unpaired) electrons. The molecular formula is C16H24FN3O2S. The van der Waals surface area contributed by atoms with Crippen LogP contribution in [0.4, 0.5) is 4.39 Å². The highest BCUT2D eigenvalue weighted by Crippen LogP contribution is 2.17. The molecule has 0 fully saturated rings. The Morgan fingerprint density at radius 2 is 2.13 bits per heavy atom. The van der Waals surface area contributed by atoms with E-state index in [1.807, 2.05) is 13.2 Å². The molecule has 1 rings (SSSR count). The highest BCUT2D eigenvalue weighted by molar-refractivity contribution is 7.97. The molecule has 0 aliphatic heterocycles. The lowest BCUT2D eigenvalue weighted by molar-refractivity contribution is -0.140. The molecule has 0 amide bonds. The second-order valence-electron chi connectivity index (χ2n) is 4.79. The van der Waals surface area contributed by atoms with Gasteiger partial charge in [-0.15, -0.1) is 0 Å². The lowest BCUT2D eigenvalue weighted by atomic mass is 10.1. The Balaban J connectivity index is 2.71. The molecule has 0 bridgehead atoms. The zero-order chi connectivity index (χ0) is 17.1. The number of esters is 1. The van der Waals surface area contributed by atoms with E-state index in [4.69, 9.17) is 0 Å². The van der Waals surface area contributed by atoms with Crippen molar-refractivity contribution in [3.05, 3.63) is 35.1 Å². The van der Waals surface area contributed by atoms with Crippen LogP contribution in [0.3, 0.4) is 0 Å². The van der Waals surface area contributed by atoms with E-state index in [0.29, 0.717) is 25.6 Å². The van der Waals surface area contributed by atoms with Crippen LogP contribution in [0.5, 0.6) is 0 Å². The lowest BCUT2D eigenvalue weighted by Crippen LogP contribution is -2.38. The van der Waals surface area contributed by atoms with Gasteiger partial charge in [-0.05, 0) is 36.4 Å². The van der Waals surface area contributed by atoms with E-state index in [2.05, 4.69) is 20.4 Å². The summed E-state index contributed by atoms with van der Waals surface area (Å²) in [7, 11) is 1.36. The van der Waals surface area contributed by atoms with Gasteiger partial charge in [-0.25, -0.2) is 9.38 Å². The Morgan fingerprint density at radius 3 is 2.78 bits per heavy atom. The molecule has 7 heteroatoms. The van der Waals surface area contributed by atoms with Gasteiger partial charge in [0.1, 0.15) is 5.82 Å². The highest BCUT2D eigenvalue weighted by Gasteiger charge is 2.05. The van der Waals surface area contributed by atoms with Gasteiger partial charge in [-0.2, -0.15) is 11.8 Å². The molecule has 0 unspecified atom stereocenters. The molecule has 0 aliphatic carbocycles. The molecule has 0 saturated heterocycles.